The van der Waals surface area contributed by atoms with Crippen molar-refractivity contribution in [3.05, 3.63) is 0 Å². The van der Waals surface area contributed by atoms with Crippen molar-refractivity contribution in [1.82, 2.24) is 15.5 Å². The molecule has 2 aliphatic rings. The Morgan fingerprint density at radius 1 is 1.38 bits per heavy atom. The van der Waals surface area contributed by atoms with Gasteiger partial charge in [-0.1, -0.05) is 0 Å². The van der Waals surface area contributed by atoms with Crippen LogP contribution in [-0.4, -0.2) is 55.7 Å². The fourth-order valence-electron chi connectivity index (χ4n) is 3.03. The normalized spacial score (nSPS) is 27.2. The minimum Gasteiger partial charge on any atom is -0.450 e. The summed E-state index contributed by atoms with van der Waals surface area (Å²) in [7, 11) is 0. The van der Waals surface area contributed by atoms with Crippen LogP contribution in [0.2, 0.25) is 0 Å². The molecule has 1 unspecified atom stereocenters. The van der Waals surface area contributed by atoms with Crippen LogP contribution >= 0.6 is 0 Å². The van der Waals surface area contributed by atoms with Crippen LogP contribution in [0.3, 0.4) is 0 Å². The Hall–Kier alpha value is -1.30. The van der Waals surface area contributed by atoms with Gasteiger partial charge in [0.2, 0.25) is 5.91 Å². The SMILES string of the molecule is CCOC(=O)N1CCC(NC(=O)C2(C)CCCNC2)CC1. The molecule has 0 aromatic heterocycles. The topological polar surface area (TPSA) is 70.7 Å². The molecule has 6 heteroatoms. The summed E-state index contributed by atoms with van der Waals surface area (Å²) in [5.41, 5.74) is -0.295. The van der Waals surface area contributed by atoms with Gasteiger partial charge in [-0.2, -0.15) is 0 Å². The monoisotopic (exact) mass is 297 g/mol. The highest BCUT2D eigenvalue weighted by atomic mass is 16.6. The quantitative estimate of drug-likeness (QED) is 0.819. The summed E-state index contributed by atoms with van der Waals surface area (Å²) in [5, 5.41) is 6.46. The van der Waals surface area contributed by atoms with Crippen LogP contribution in [0.5, 0.6) is 0 Å². The average molecular weight is 297 g/mol. The van der Waals surface area contributed by atoms with Gasteiger partial charge in [-0.05, 0) is 46.1 Å². The van der Waals surface area contributed by atoms with E-state index in [1.165, 1.54) is 0 Å². The van der Waals surface area contributed by atoms with Crippen molar-refractivity contribution in [3.8, 4) is 0 Å². The molecule has 2 fully saturated rings. The zero-order valence-corrected chi connectivity index (χ0v) is 13.1. The smallest absolute Gasteiger partial charge is 0.409 e. The maximum Gasteiger partial charge on any atom is 0.409 e. The number of nitrogens with one attached hydrogen (secondary N) is 2. The number of carbonyl (C=O) groups excluding carboxylic acids is 2. The molecular weight excluding hydrogens is 270 g/mol. The second-order valence-electron chi connectivity index (χ2n) is 6.27. The molecule has 0 aromatic rings. The van der Waals surface area contributed by atoms with Crippen molar-refractivity contribution in [2.24, 2.45) is 5.41 Å². The molecule has 1 atom stereocenters. The van der Waals surface area contributed by atoms with Crippen molar-refractivity contribution in [3.63, 3.8) is 0 Å². The highest BCUT2D eigenvalue weighted by molar-refractivity contribution is 5.83. The van der Waals surface area contributed by atoms with E-state index in [0.717, 1.165) is 38.8 Å². The van der Waals surface area contributed by atoms with Crippen LogP contribution in [0.1, 0.15) is 39.5 Å². The summed E-state index contributed by atoms with van der Waals surface area (Å²) in [6, 6.07) is 0.168. The van der Waals surface area contributed by atoms with Crippen molar-refractivity contribution in [2.45, 2.75) is 45.6 Å². The van der Waals surface area contributed by atoms with Gasteiger partial charge in [-0.25, -0.2) is 4.79 Å². The fraction of sp³-hybridized carbons (Fsp3) is 0.867. The Kier molecular flexibility index (Phi) is 5.45. The molecular formula is C15H27N3O3. The fourth-order valence-corrected chi connectivity index (χ4v) is 3.03. The van der Waals surface area contributed by atoms with Crippen molar-refractivity contribution in [1.29, 1.82) is 0 Å². The van der Waals surface area contributed by atoms with E-state index in [2.05, 4.69) is 10.6 Å². The lowest BCUT2D eigenvalue weighted by Crippen LogP contribution is -2.53. The molecule has 0 saturated carbocycles. The molecule has 2 amide bonds. The van der Waals surface area contributed by atoms with Crippen molar-refractivity contribution >= 4 is 12.0 Å². The number of ether oxygens (including phenoxy) is 1. The number of hydrogen-bond acceptors (Lipinski definition) is 4. The molecule has 2 N–H and O–H groups in total. The van der Waals surface area contributed by atoms with Gasteiger partial charge in [0.15, 0.2) is 0 Å². The minimum absolute atomic E-state index is 0.143. The van der Waals surface area contributed by atoms with Gasteiger partial charge in [0.05, 0.1) is 12.0 Å². The molecule has 21 heavy (non-hydrogen) atoms. The van der Waals surface area contributed by atoms with Crippen LogP contribution in [0.15, 0.2) is 0 Å². The third kappa shape index (κ3) is 4.09. The molecule has 0 spiro atoms. The summed E-state index contributed by atoms with van der Waals surface area (Å²) < 4.78 is 5.00. The molecule has 0 aliphatic carbocycles. The van der Waals surface area contributed by atoms with Gasteiger partial charge in [0, 0.05) is 25.7 Å². The lowest BCUT2D eigenvalue weighted by molar-refractivity contribution is -0.132. The largest absolute Gasteiger partial charge is 0.450 e. The first kappa shape index (κ1) is 16.1. The molecule has 6 nitrogen and oxygen atoms in total. The van der Waals surface area contributed by atoms with Crippen molar-refractivity contribution < 1.29 is 14.3 Å². The van der Waals surface area contributed by atoms with E-state index in [9.17, 15) is 9.59 Å². The minimum atomic E-state index is -0.295. The van der Waals surface area contributed by atoms with Gasteiger partial charge in [0.1, 0.15) is 0 Å². The van der Waals surface area contributed by atoms with Crippen LogP contribution in [0.4, 0.5) is 4.79 Å². The zero-order valence-electron chi connectivity index (χ0n) is 13.1. The summed E-state index contributed by atoms with van der Waals surface area (Å²) in [5.74, 6) is 0.143. The van der Waals surface area contributed by atoms with Gasteiger partial charge in [-0.3, -0.25) is 4.79 Å². The summed E-state index contributed by atoms with van der Waals surface area (Å²) in [6.45, 7) is 7.30. The van der Waals surface area contributed by atoms with Gasteiger partial charge < -0.3 is 20.3 Å². The Balaban J connectivity index is 1.78. The van der Waals surface area contributed by atoms with Crippen LogP contribution in [-0.2, 0) is 9.53 Å². The first-order valence-corrected chi connectivity index (χ1v) is 7.98. The van der Waals surface area contributed by atoms with E-state index in [4.69, 9.17) is 4.74 Å². The maximum atomic E-state index is 12.4. The first-order chi connectivity index (χ1) is 10.0. The van der Waals surface area contributed by atoms with E-state index >= 15 is 0 Å². The summed E-state index contributed by atoms with van der Waals surface area (Å²) >= 11 is 0. The van der Waals surface area contributed by atoms with Crippen LogP contribution in [0, 0.1) is 5.41 Å². The second-order valence-corrected chi connectivity index (χ2v) is 6.27. The van der Waals surface area contributed by atoms with E-state index in [0.29, 0.717) is 19.7 Å². The Morgan fingerprint density at radius 3 is 2.67 bits per heavy atom. The molecule has 120 valence electrons. The predicted octanol–water partition coefficient (Wildman–Crippen LogP) is 1.11. The summed E-state index contributed by atoms with van der Waals surface area (Å²) in [6.07, 6.45) is 3.34. The standard InChI is InChI=1S/C15H27N3O3/c1-3-21-14(20)18-9-5-12(6-10-18)17-13(19)15(2)7-4-8-16-11-15/h12,16H,3-11H2,1-2H3,(H,17,19). The number of amides is 2. The maximum absolute atomic E-state index is 12.4. The van der Waals surface area contributed by atoms with E-state index in [-0.39, 0.29) is 23.5 Å². The highest BCUT2D eigenvalue weighted by Crippen LogP contribution is 2.26. The first-order valence-electron chi connectivity index (χ1n) is 7.98. The van der Waals surface area contributed by atoms with Crippen LogP contribution < -0.4 is 10.6 Å². The van der Waals surface area contributed by atoms with Gasteiger partial charge in [0.25, 0.3) is 0 Å². The number of likely N-dealkylation sites (tertiary alicyclic amines) is 1. The number of nitrogens with zero attached hydrogens (tertiary/aromatic N) is 1. The Bertz CT molecular complexity index is 372. The van der Waals surface area contributed by atoms with E-state index in [1.807, 2.05) is 13.8 Å². The summed E-state index contributed by atoms with van der Waals surface area (Å²) in [4.78, 5) is 25.8. The highest BCUT2D eigenvalue weighted by Gasteiger charge is 2.36. The Morgan fingerprint density at radius 2 is 2.10 bits per heavy atom. The van der Waals surface area contributed by atoms with E-state index < -0.39 is 0 Å². The number of carbonyl (C=O) groups is 2. The average Bonchev–Trinajstić information content (AvgIpc) is 2.49. The Labute approximate surface area is 126 Å². The van der Waals surface area contributed by atoms with E-state index in [1.54, 1.807) is 4.90 Å². The van der Waals surface area contributed by atoms with Gasteiger partial charge >= 0.3 is 6.09 Å². The molecule has 0 radical (unpaired) electrons. The van der Waals surface area contributed by atoms with Gasteiger partial charge in [-0.15, -0.1) is 0 Å². The lowest BCUT2D eigenvalue weighted by atomic mass is 9.81. The molecule has 2 rings (SSSR count). The number of piperidine rings is 2. The molecule has 2 heterocycles. The molecule has 2 saturated heterocycles. The van der Waals surface area contributed by atoms with Crippen molar-refractivity contribution in [2.75, 3.05) is 32.8 Å². The third-order valence-electron chi connectivity index (χ3n) is 4.50. The third-order valence-corrected chi connectivity index (χ3v) is 4.50. The number of hydrogen-bond donors (Lipinski definition) is 2. The molecule has 0 aromatic carbocycles. The molecule has 2 aliphatic heterocycles. The molecule has 0 bridgehead atoms. The zero-order chi connectivity index (χ0) is 15.3. The second kappa shape index (κ2) is 7.11. The number of rotatable bonds is 3. The predicted molar refractivity (Wildman–Crippen MR) is 80.0 cm³/mol. The van der Waals surface area contributed by atoms with Crippen LogP contribution in [0.25, 0.3) is 0 Å². The lowest BCUT2D eigenvalue weighted by Gasteiger charge is -2.36.